The number of aryl methyl sites for hydroxylation is 2. The summed E-state index contributed by atoms with van der Waals surface area (Å²) in [5.41, 5.74) is 2.22. The van der Waals surface area contributed by atoms with Crippen molar-refractivity contribution < 1.29 is 33.8 Å². The Kier molecular flexibility index (Phi) is 11.1. The molecule has 0 radical (unpaired) electrons. The van der Waals surface area contributed by atoms with Crippen LogP contribution in [-0.4, -0.2) is 65.2 Å². The normalized spacial score (nSPS) is 12.7. The van der Waals surface area contributed by atoms with Crippen LogP contribution in [0.2, 0.25) is 0 Å². The van der Waals surface area contributed by atoms with Crippen LogP contribution in [0.3, 0.4) is 0 Å². The molecule has 0 aliphatic rings. The van der Waals surface area contributed by atoms with Crippen molar-refractivity contribution in [1.29, 1.82) is 0 Å². The van der Waals surface area contributed by atoms with Gasteiger partial charge < -0.3 is 30.1 Å². The summed E-state index contributed by atoms with van der Waals surface area (Å²) in [6.45, 7) is 12.1. The molecule has 2 unspecified atom stereocenters. The van der Waals surface area contributed by atoms with Crippen molar-refractivity contribution in [2.24, 2.45) is 0 Å². The van der Waals surface area contributed by atoms with Gasteiger partial charge in [-0.15, -0.1) is 0 Å². The van der Waals surface area contributed by atoms with Gasteiger partial charge >= 0.3 is 12.1 Å². The van der Waals surface area contributed by atoms with Crippen LogP contribution >= 0.6 is 0 Å². The first-order chi connectivity index (χ1) is 18.6. The van der Waals surface area contributed by atoms with Gasteiger partial charge in [0.2, 0.25) is 11.8 Å². The summed E-state index contributed by atoms with van der Waals surface area (Å²) in [5, 5.41) is 15.0. The number of amides is 3. The Morgan fingerprint density at radius 1 is 1.00 bits per heavy atom. The van der Waals surface area contributed by atoms with Gasteiger partial charge in [0.25, 0.3) is 0 Å². The maximum absolute atomic E-state index is 14.3. The zero-order chi connectivity index (χ0) is 30.2. The van der Waals surface area contributed by atoms with E-state index in [0.717, 1.165) is 11.1 Å². The van der Waals surface area contributed by atoms with Crippen molar-refractivity contribution in [1.82, 2.24) is 15.5 Å². The number of nitrogens with zero attached hydrogens (tertiary/aromatic N) is 1. The van der Waals surface area contributed by atoms with E-state index in [2.05, 4.69) is 15.4 Å². The van der Waals surface area contributed by atoms with E-state index in [-0.39, 0.29) is 18.7 Å². The first kappa shape index (κ1) is 32.1. The predicted octanol–water partition coefficient (Wildman–Crippen LogP) is 3.71. The summed E-state index contributed by atoms with van der Waals surface area (Å²) in [6, 6.07) is 9.12. The maximum atomic E-state index is 14.3. The second-order valence-corrected chi connectivity index (χ2v) is 11.0. The monoisotopic (exact) mass is 555 g/mol. The number of phenolic OH excluding ortho intramolecular Hbond substituents is 1. The van der Waals surface area contributed by atoms with Gasteiger partial charge in [-0.25, -0.2) is 4.79 Å². The number of aromatic hydroxyl groups is 1. The van der Waals surface area contributed by atoms with Crippen LogP contribution in [0.4, 0.5) is 4.79 Å². The predicted molar refractivity (Wildman–Crippen MR) is 151 cm³/mol. The molecule has 2 aromatic rings. The molecule has 0 fully saturated rings. The third-order valence-electron chi connectivity index (χ3n) is 6.06. The number of alkyl carbamates (subject to hydrolysis) is 1. The number of methoxy groups -OCH3 is 1. The highest BCUT2D eigenvalue weighted by Crippen LogP contribution is 2.29. The molecule has 0 saturated carbocycles. The van der Waals surface area contributed by atoms with Gasteiger partial charge in [-0.1, -0.05) is 35.9 Å². The first-order valence-corrected chi connectivity index (χ1v) is 13.1. The number of hydrogen-bond acceptors (Lipinski definition) is 7. The number of ether oxygens (including phenoxy) is 2. The molecule has 10 nitrogen and oxygen atoms in total. The second-order valence-electron chi connectivity index (χ2n) is 11.0. The standard InChI is InChI=1S/C30H41N3O7/c1-18(2)33(26(27(36)31-17-25(35)39-8)23-14-9-19(3)15-20(23)4)28(37)24(32-29(38)40-30(5,6)7)16-21-10-12-22(34)13-11-21/h9-15,18,24,26,34H,16-17H2,1-8H3,(H,31,36)(H,32,38). The third-order valence-corrected chi connectivity index (χ3v) is 6.06. The van der Waals surface area contributed by atoms with E-state index in [4.69, 9.17) is 4.74 Å². The zero-order valence-corrected chi connectivity index (χ0v) is 24.5. The summed E-state index contributed by atoms with van der Waals surface area (Å²) in [6.07, 6.45) is -0.711. The van der Waals surface area contributed by atoms with Crippen molar-refractivity contribution in [3.8, 4) is 5.75 Å². The average Bonchev–Trinajstić information content (AvgIpc) is 2.85. The molecule has 3 amide bonds. The van der Waals surface area contributed by atoms with Gasteiger partial charge in [-0.2, -0.15) is 0 Å². The Hall–Kier alpha value is -4.08. The lowest BCUT2D eigenvalue weighted by Crippen LogP contribution is -2.56. The van der Waals surface area contributed by atoms with Gasteiger partial charge in [0.15, 0.2) is 0 Å². The van der Waals surface area contributed by atoms with E-state index in [0.29, 0.717) is 11.1 Å². The van der Waals surface area contributed by atoms with E-state index in [1.807, 2.05) is 26.0 Å². The molecular weight excluding hydrogens is 514 g/mol. The van der Waals surface area contributed by atoms with Crippen molar-refractivity contribution in [3.63, 3.8) is 0 Å². The number of rotatable bonds is 10. The van der Waals surface area contributed by atoms with Crippen molar-refractivity contribution >= 4 is 23.9 Å². The summed E-state index contributed by atoms with van der Waals surface area (Å²) in [5.74, 6) is -1.66. The minimum Gasteiger partial charge on any atom is -0.508 e. The quantitative estimate of drug-likeness (QED) is 0.381. The van der Waals surface area contributed by atoms with Crippen LogP contribution in [0, 0.1) is 13.8 Å². The highest BCUT2D eigenvalue weighted by Gasteiger charge is 2.38. The van der Waals surface area contributed by atoms with E-state index < -0.39 is 47.6 Å². The lowest BCUT2D eigenvalue weighted by atomic mass is 9.94. The van der Waals surface area contributed by atoms with Crippen molar-refractivity contribution in [2.75, 3.05) is 13.7 Å². The van der Waals surface area contributed by atoms with E-state index in [9.17, 15) is 24.3 Å². The Morgan fingerprint density at radius 2 is 1.62 bits per heavy atom. The van der Waals surface area contributed by atoms with Gasteiger partial charge in [0, 0.05) is 12.5 Å². The Balaban J connectivity index is 2.58. The molecule has 0 bridgehead atoms. The number of phenols is 1. The number of esters is 1. The fraction of sp³-hybridized carbons (Fsp3) is 0.467. The summed E-state index contributed by atoms with van der Waals surface area (Å²) in [4.78, 5) is 53.9. The Labute approximate surface area is 236 Å². The SMILES string of the molecule is COC(=O)CNC(=O)C(c1ccc(C)cc1C)N(C(=O)C(Cc1ccc(O)cc1)NC(=O)OC(C)(C)C)C(C)C. The molecule has 10 heteroatoms. The Bertz CT molecular complexity index is 1200. The average molecular weight is 556 g/mol. The second kappa shape index (κ2) is 13.8. The van der Waals surface area contributed by atoms with Gasteiger partial charge in [0.05, 0.1) is 7.11 Å². The van der Waals surface area contributed by atoms with Crippen molar-refractivity contribution in [3.05, 3.63) is 64.7 Å². The maximum Gasteiger partial charge on any atom is 0.408 e. The molecule has 0 aromatic heterocycles. The van der Waals surface area contributed by atoms with Crippen LogP contribution in [0.25, 0.3) is 0 Å². The topological polar surface area (TPSA) is 134 Å². The summed E-state index contributed by atoms with van der Waals surface area (Å²) >= 11 is 0. The molecule has 2 rings (SSSR count). The van der Waals surface area contributed by atoms with Crippen LogP contribution in [0.5, 0.6) is 5.75 Å². The summed E-state index contributed by atoms with van der Waals surface area (Å²) < 4.78 is 10.1. The number of nitrogens with one attached hydrogen (secondary N) is 2. The van der Waals surface area contributed by atoms with Crippen LogP contribution in [0.15, 0.2) is 42.5 Å². The largest absolute Gasteiger partial charge is 0.508 e. The first-order valence-electron chi connectivity index (χ1n) is 13.1. The number of hydrogen-bond donors (Lipinski definition) is 3. The Morgan fingerprint density at radius 3 is 2.15 bits per heavy atom. The van der Waals surface area contributed by atoms with Gasteiger partial charge in [-0.3, -0.25) is 14.4 Å². The van der Waals surface area contributed by atoms with Crippen LogP contribution < -0.4 is 10.6 Å². The minimum atomic E-state index is -1.11. The number of benzene rings is 2. The fourth-order valence-electron chi connectivity index (χ4n) is 4.26. The zero-order valence-electron chi connectivity index (χ0n) is 24.5. The van der Waals surface area contributed by atoms with E-state index in [1.165, 1.54) is 24.1 Å². The molecule has 2 aromatic carbocycles. The highest BCUT2D eigenvalue weighted by atomic mass is 16.6. The minimum absolute atomic E-state index is 0.0627. The molecule has 0 heterocycles. The molecule has 0 spiro atoms. The molecular formula is C30H41N3O7. The number of carbonyl (C=O) groups is 4. The smallest absolute Gasteiger partial charge is 0.408 e. The number of carbonyl (C=O) groups excluding carboxylic acids is 4. The van der Waals surface area contributed by atoms with Gasteiger partial charge in [0.1, 0.15) is 30.0 Å². The molecule has 3 N–H and O–H groups in total. The molecule has 0 aliphatic carbocycles. The van der Waals surface area contributed by atoms with Crippen LogP contribution in [0.1, 0.15) is 62.9 Å². The molecule has 0 aliphatic heterocycles. The third kappa shape index (κ3) is 9.29. The van der Waals surface area contributed by atoms with E-state index >= 15 is 0 Å². The lowest BCUT2D eigenvalue weighted by molar-refractivity contribution is -0.146. The summed E-state index contributed by atoms with van der Waals surface area (Å²) in [7, 11) is 1.22. The fourth-order valence-corrected chi connectivity index (χ4v) is 4.26. The molecule has 218 valence electrons. The molecule has 40 heavy (non-hydrogen) atoms. The van der Waals surface area contributed by atoms with E-state index in [1.54, 1.807) is 52.8 Å². The molecule has 2 atom stereocenters. The van der Waals surface area contributed by atoms with Crippen LogP contribution in [-0.2, 0) is 30.3 Å². The molecule has 0 saturated heterocycles. The van der Waals surface area contributed by atoms with Crippen molar-refractivity contribution in [2.45, 2.75) is 78.6 Å². The lowest BCUT2D eigenvalue weighted by Gasteiger charge is -2.37. The van der Waals surface area contributed by atoms with Gasteiger partial charge in [-0.05, 0) is 77.3 Å². The highest BCUT2D eigenvalue weighted by molar-refractivity contribution is 5.93.